The van der Waals surface area contributed by atoms with Gasteiger partial charge in [-0.1, -0.05) is 30.3 Å². The maximum absolute atomic E-state index is 12.3. The molecule has 3 rings (SSSR count). The van der Waals surface area contributed by atoms with E-state index in [1.807, 2.05) is 30.3 Å². The molecule has 3 aromatic rings. The number of furan rings is 1. The van der Waals surface area contributed by atoms with Crippen molar-refractivity contribution in [3.8, 4) is 0 Å². The average molecular weight is 490 g/mol. The van der Waals surface area contributed by atoms with E-state index in [1.165, 1.54) is 10.5 Å². The lowest BCUT2D eigenvalue weighted by Gasteiger charge is -2.22. The highest BCUT2D eigenvalue weighted by Crippen LogP contribution is 2.21. The Morgan fingerprint density at radius 1 is 1.17 bits per heavy atom. The minimum Gasteiger partial charge on any atom is -0.459 e. The summed E-state index contributed by atoms with van der Waals surface area (Å²) in [7, 11) is -3.50. The van der Waals surface area contributed by atoms with E-state index < -0.39 is 15.9 Å². The summed E-state index contributed by atoms with van der Waals surface area (Å²) in [6.07, 6.45) is 2.55. The van der Waals surface area contributed by atoms with Crippen LogP contribution in [0.3, 0.4) is 0 Å². The van der Waals surface area contributed by atoms with Crippen molar-refractivity contribution < 1.29 is 17.6 Å². The summed E-state index contributed by atoms with van der Waals surface area (Å²) in [5.41, 5.74) is 4.10. The minimum absolute atomic E-state index is 0.202. The van der Waals surface area contributed by atoms with E-state index in [1.54, 1.807) is 37.3 Å². The molecule has 1 heterocycles. The second-order valence-electron chi connectivity index (χ2n) is 6.55. The summed E-state index contributed by atoms with van der Waals surface area (Å²) in [6, 6.07) is 17.3. The van der Waals surface area contributed by atoms with Gasteiger partial charge in [-0.3, -0.25) is 9.10 Å². The van der Waals surface area contributed by atoms with Crippen LogP contribution in [0.25, 0.3) is 0 Å². The van der Waals surface area contributed by atoms with Crippen molar-refractivity contribution >= 4 is 43.8 Å². The summed E-state index contributed by atoms with van der Waals surface area (Å²) >= 11 is 3.34. The van der Waals surface area contributed by atoms with Gasteiger partial charge in [0.2, 0.25) is 10.0 Å². The van der Waals surface area contributed by atoms with Gasteiger partial charge in [0, 0.05) is 11.6 Å². The van der Waals surface area contributed by atoms with Gasteiger partial charge >= 0.3 is 0 Å². The Kier molecular flexibility index (Phi) is 6.73. The van der Waals surface area contributed by atoms with Gasteiger partial charge in [-0.2, -0.15) is 5.10 Å². The quantitative estimate of drug-likeness (QED) is 0.399. The van der Waals surface area contributed by atoms with Crippen molar-refractivity contribution in [3.63, 3.8) is 0 Å². The van der Waals surface area contributed by atoms with Crippen molar-refractivity contribution in [2.75, 3.05) is 10.6 Å². The highest BCUT2D eigenvalue weighted by molar-refractivity contribution is 9.10. The molecule has 0 spiro atoms. The van der Waals surface area contributed by atoms with Crippen molar-refractivity contribution in [2.24, 2.45) is 5.10 Å². The van der Waals surface area contributed by atoms with Gasteiger partial charge in [0.25, 0.3) is 5.91 Å². The smallest absolute Gasteiger partial charge is 0.271 e. The first-order valence-electron chi connectivity index (χ1n) is 8.95. The molecule has 0 bridgehead atoms. The number of rotatable bonds is 7. The van der Waals surface area contributed by atoms with Crippen LogP contribution in [0.1, 0.15) is 27.4 Å². The van der Waals surface area contributed by atoms with E-state index in [9.17, 15) is 13.2 Å². The molecule has 0 atom stereocenters. The summed E-state index contributed by atoms with van der Waals surface area (Å²) in [5, 5.41) is 3.88. The second-order valence-corrected chi connectivity index (χ2v) is 9.32. The summed E-state index contributed by atoms with van der Waals surface area (Å²) in [5.74, 6) is 0.790. The molecule has 0 unspecified atom stereocenters. The zero-order chi connectivity index (χ0) is 21.7. The normalized spacial score (nSPS) is 11.6. The Balaban J connectivity index is 1.71. The number of sulfonamides is 1. The molecule has 0 aliphatic carbocycles. The molecule has 9 heteroatoms. The Hall–Kier alpha value is -2.91. The van der Waals surface area contributed by atoms with Gasteiger partial charge in [-0.15, -0.1) is 0 Å². The molecule has 1 aromatic heterocycles. The Labute approximate surface area is 183 Å². The number of amides is 1. The van der Waals surface area contributed by atoms with E-state index in [2.05, 4.69) is 26.5 Å². The highest BCUT2D eigenvalue weighted by Gasteiger charge is 2.18. The maximum atomic E-state index is 12.3. The fraction of sp³-hybridized carbons (Fsp3) is 0.143. The van der Waals surface area contributed by atoms with Gasteiger partial charge in [0.1, 0.15) is 11.5 Å². The maximum Gasteiger partial charge on any atom is 0.271 e. The van der Waals surface area contributed by atoms with Crippen LogP contribution >= 0.6 is 15.9 Å². The van der Waals surface area contributed by atoms with Crippen molar-refractivity contribution in [2.45, 2.75) is 13.5 Å². The monoisotopic (exact) mass is 489 g/mol. The number of hydrogen-bond donors (Lipinski definition) is 1. The highest BCUT2D eigenvalue weighted by atomic mass is 79.9. The van der Waals surface area contributed by atoms with Gasteiger partial charge in [0.05, 0.1) is 29.2 Å². The van der Waals surface area contributed by atoms with Crippen molar-refractivity contribution in [1.82, 2.24) is 5.43 Å². The lowest BCUT2D eigenvalue weighted by molar-refractivity contribution is 0.0955. The van der Waals surface area contributed by atoms with Crippen LogP contribution in [0.4, 0.5) is 5.69 Å². The number of anilines is 1. The van der Waals surface area contributed by atoms with E-state index in [0.717, 1.165) is 16.3 Å². The molecule has 156 valence electrons. The number of hydrogen-bond acceptors (Lipinski definition) is 5. The molecule has 1 N–H and O–H groups in total. The predicted octanol–water partition coefficient (Wildman–Crippen LogP) is 4.08. The molecular formula is C21H20BrN3O4S. The predicted molar refractivity (Wildman–Crippen MR) is 120 cm³/mol. The van der Waals surface area contributed by atoms with Gasteiger partial charge in [0.15, 0.2) is 0 Å². The number of aryl methyl sites for hydroxylation is 1. The first kappa shape index (κ1) is 21.8. The first-order valence-corrected chi connectivity index (χ1v) is 11.6. The number of nitrogens with zero attached hydrogens (tertiary/aromatic N) is 2. The molecule has 0 saturated carbocycles. The molecule has 0 aliphatic heterocycles. The minimum atomic E-state index is -3.50. The number of carbonyl (C=O) groups is 1. The fourth-order valence-electron chi connectivity index (χ4n) is 2.69. The molecule has 7 nitrogen and oxygen atoms in total. The first-order chi connectivity index (χ1) is 14.2. The van der Waals surface area contributed by atoms with E-state index >= 15 is 0 Å². The van der Waals surface area contributed by atoms with Gasteiger partial charge in [-0.05, 0) is 52.7 Å². The largest absolute Gasteiger partial charge is 0.459 e. The van der Waals surface area contributed by atoms with Crippen molar-refractivity contribution in [3.05, 3.63) is 87.8 Å². The van der Waals surface area contributed by atoms with Crippen LogP contribution in [0.15, 0.2) is 74.7 Å². The number of carbonyl (C=O) groups excluding carboxylic acids is 1. The fourth-order valence-corrected chi connectivity index (χ4v) is 3.89. The molecule has 0 saturated heterocycles. The average Bonchev–Trinajstić information content (AvgIpc) is 3.03. The third kappa shape index (κ3) is 5.58. The lowest BCUT2D eigenvalue weighted by atomic mass is 10.2. The Morgan fingerprint density at radius 3 is 2.40 bits per heavy atom. The molecule has 0 fully saturated rings. The Morgan fingerprint density at radius 2 is 1.83 bits per heavy atom. The number of nitrogens with one attached hydrogen (secondary N) is 1. The third-order valence-electron chi connectivity index (χ3n) is 4.22. The van der Waals surface area contributed by atoms with Gasteiger partial charge in [-0.25, -0.2) is 13.8 Å². The SMILES string of the molecule is Cc1oc(/C=N\NC(=O)c2ccc(N(Cc3ccccc3)S(C)(=O)=O)cc2)cc1Br. The molecule has 1 amide bonds. The molecule has 30 heavy (non-hydrogen) atoms. The molecule has 0 radical (unpaired) electrons. The molecule has 2 aromatic carbocycles. The summed E-state index contributed by atoms with van der Waals surface area (Å²) in [6.45, 7) is 2.01. The van der Waals surface area contributed by atoms with E-state index in [-0.39, 0.29) is 6.54 Å². The zero-order valence-electron chi connectivity index (χ0n) is 16.4. The van der Waals surface area contributed by atoms with E-state index in [0.29, 0.717) is 22.8 Å². The second kappa shape index (κ2) is 9.27. The molecule has 0 aliphatic rings. The zero-order valence-corrected chi connectivity index (χ0v) is 18.8. The van der Waals surface area contributed by atoms with E-state index in [4.69, 9.17) is 4.42 Å². The Bertz CT molecular complexity index is 1140. The molecular weight excluding hydrogens is 470 g/mol. The van der Waals surface area contributed by atoms with Gasteiger partial charge < -0.3 is 4.42 Å². The standard InChI is InChI=1S/C21H20BrN3O4S/c1-15-20(22)12-19(29-15)13-23-24-21(26)17-8-10-18(11-9-17)25(30(2,27)28)14-16-6-4-3-5-7-16/h3-13H,14H2,1-2H3,(H,24,26)/b23-13-. The van der Waals surface area contributed by atoms with Crippen LogP contribution in [0.2, 0.25) is 0 Å². The topological polar surface area (TPSA) is 92.0 Å². The summed E-state index contributed by atoms with van der Waals surface area (Å²) < 4.78 is 32.1. The lowest BCUT2D eigenvalue weighted by Crippen LogP contribution is -2.29. The number of hydrazone groups is 1. The summed E-state index contributed by atoms with van der Waals surface area (Å²) in [4.78, 5) is 12.3. The van der Waals surface area contributed by atoms with Crippen LogP contribution in [0.5, 0.6) is 0 Å². The van der Waals surface area contributed by atoms with Crippen LogP contribution in [-0.4, -0.2) is 26.8 Å². The third-order valence-corrected chi connectivity index (χ3v) is 6.15. The van der Waals surface area contributed by atoms with Crippen molar-refractivity contribution in [1.29, 1.82) is 0 Å². The number of halogens is 1. The number of benzene rings is 2. The van der Waals surface area contributed by atoms with Crippen LogP contribution in [0, 0.1) is 6.92 Å². The van der Waals surface area contributed by atoms with Crippen LogP contribution < -0.4 is 9.73 Å². The van der Waals surface area contributed by atoms with Crippen LogP contribution in [-0.2, 0) is 16.6 Å².